The van der Waals surface area contributed by atoms with Gasteiger partial charge in [-0.3, -0.25) is 0 Å². The summed E-state index contributed by atoms with van der Waals surface area (Å²) in [5.74, 6) is -1.07. The molecular weight excluding hydrogens is 301 g/mol. The third-order valence-corrected chi connectivity index (χ3v) is 3.96. The monoisotopic (exact) mass is 313 g/mol. The minimum atomic E-state index is -0.581. The standard InChI is InChI=1S/C14H13ClFNO2S/c1-8(9-5-13(15)20-7-9)17-12-4-3-10(16)6-11(12)14(18)19-2/h3-8,17H,1-2H3. The maximum atomic E-state index is 13.3. The molecule has 0 amide bonds. The van der Waals surface area contributed by atoms with Crippen molar-refractivity contribution in [1.82, 2.24) is 0 Å². The second kappa shape index (κ2) is 6.24. The lowest BCUT2D eigenvalue weighted by Crippen LogP contribution is -2.11. The fourth-order valence-electron chi connectivity index (χ4n) is 1.79. The molecule has 106 valence electrons. The molecule has 0 saturated carbocycles. The first-order valence-corrected chi connectivity index (χ1v) is 7.15. The van der Waals surface area contributed by atoms with Crippen LogP contribution in [0.3, 0.4) is 0 Å². The van der Waals surface area contributed by atoms with Crippen molar-refractivity contribution in [1.29, 1.82) is 0 Å². The number of halogens is 2. The summed E-state index contributed by atoms with van der Waals surface area (Å²) >= 11 is 7.33. The third kappa shape index (κ3) is 3.29. The van der Waals surface area contributed by atoms with Gasteiger partial charge in [0.2, 0.25) is 0 Å². The van der Waals surface area contributed by atoms with Crippen LogP contribution in [0.1, 0.15) is 28.9 Å². The van der Waals surface area contributed by atoms with Crippen LogP contribution in [0.15, 0.2) is 29.6 Å². The number of ether oxygens (including phenoxy) is 1. The maximum Gasteiger partial charge on any atom is 0.340 e. The molecule has 1 N–H and O–H groups in total. The average Bonchev–Trinajstić information content (AvgIpc) is 2.86. The van der Waals surface area contributed by atoms with Gasteiger partial charge in [0.05, 0.1) is 17.0 Å². The maximum absolute atomic E-state index is 13.3. The Morgan fingerprint density at radius 2 is 2.20 bits per heavy atom. The van der Waals surface area contributed by atoms with E-state index in [-0.39, 0.29) is 11.6 Å². The molecule has 0 aliphatic heterocycles. The number of rotatable bonds is 4. The van der Waals surface area contributed by atoms with Crippen LogP contribution in [0.5, 0.6) is 0 Å². The van der Waals surface area contributed by atoms with E-state index in [0.29, 0.717) is 10.0 Å². The van der Waals surface area contributed by atoms with Crippen LogP contribution in [0.4, 0.5) is 10.1 Å². The summed E-state index contributed by atoms with van der Waals surface area (Å²) in [6.45, 7) is 1.93. The molecule has 1 aromatic carbocycles. The van der Waals surface area contributed by atoms with Gasteiger partial charge in [-0.1, -0.05) is 11.6 Å². The largest absolute Gasteiger partial charge is 0.465 e. The van der Waals surface area contributed by atoms with Crippen LogP contribution in [-0.4, -0.2) is 13.1 Å². The molecule has 20 heavy (non-hydrogen) atoms. The van der Waals surface area contributed by atoms with E-state index < -0.39 is 11.8 Å². The van der Waals surface area contributed by atoms with Crippen molar-refractivity contribution < 1.29 is 13.9 Å². The highest BCUT2D eigenvalue weighted by Crippen LogP contribution is 2.28. The first-order valence-electron chi connectivity index (χ1n) is 5.89. The lowest BCUT2D eigenvalue weighted by Gasteiger charge is -2.16. The predicted octanol–water partition coefficient (Wildman–Crippen LogP) is 4.50. The van der Waals surface area contributed by atoms with E-state index in [9.17, 15) is 9.18 Å². The minimum absolute atomic E-state index is 0.0624. The molecule has 1 unspecified atom stereocenters. The number of benzene rings is 1. The van der Waals surface area contributed by atoms with E-state index >= 15 is 0 Å². The van der Waals surface area contributed by atoms with E-state index in [1.54, 1.807) is 0 Å². The Labute approximate surface area is 125 Å². The number of hydrogen-bond donors (Lipinski definition) is 1. The number of thiophene rings is 1. The van der Waals surface area contributed by atoms with E-state index in [2.05, 4.69) is 10.1 Å². The summed E-state index contributed by atoms with van der Waals surface area (Å²) in [6.07, 6.45) is 0. The Morgan fingerprint density at radius 3 is 2.80 bits per heavy atom. The van der Waals surface area contributed by atoms with Gasteiger partial charge in [0.1, 0.15) is 5.82 Å². The number of hydrogen-bond acceptors (Lipinski definition) is 4. The molecule has 1 aromatic heterocycles. The molecule has 0 aliphatic rings. The van der Waals surface area contributed by atoms with Gasteiger partial charge < -0.3 is 10.1 Å². The van der Waals surface area contributed by atoms with E-state index in [1.165, 1.54) is 30.6 Å². The van der Waals surface area contributed by atoms with Gasteiger partial charge in [-0.2, -0.15) is 0 Å². The molecule has 2 rings (SSSR count). The fourth-order valence-corrected chi connectivity index (χ4v) is 2.77. The summed E-state index contributed by atoms with van der Waals surface area (Å²) in [5.41, 5.74) is 1.69. The number of carbonyl (C=O) groups excluding carboxylic acids is 1. The zero-order valence-electron chi connectivity index (χ0n) is 10.9. The van der Waals surface area contributed by atoms with Crippen molar-refractivity contribution in [2.45, 2.75) is 13.0 Å². The highest BCUT2D eigenvalue weighted by atomic mass is 35.5. The highest BCUT2D eigenvalue weighted by molar-refractivity contribution is 7.14. The van der Waals surface area contributed by atoms with Crippen molar-refractivity contribution in [3.05, 3.63) is 50.9 Å². The topological polar surface area (TPSA) is 38.3 Å². The van der Waals surface area contributed by atoms with Gasteiger partial charge in [-0.25, -0.2) is 9.18 Å². The van der Waals surface area contributed by atoms with Gasteiger partial charge in [0.25, 0.3) is 0 Å². The number of nitrogens with one attached hydrogen (secondary N) is 1. The van der Waals surface area contributed by atoms with E-state index in [4.69, 9.17) is 11.6 Å². The number of methoxy groups -OCH3 is 1. The quantitative estimate of drug-likeness (QED) is 0.845. The molecule has 2 aromatic rings. The molecule has 0 aliphatic carbocycles. The molecule has 6 heteroatoms. The molecule has 1 heterocycles. The van der Waals surface area contributed by atoms with Crippen molar-refractivity contribution in [3.63, 3.8) is 0 Å². The SMILES string of the molecule is COC(=O)c1cc(F)ccc1NC(C)c1csc(Cl)c1. The lowest BCUT2D eigenvalue weighted by atomic mass is 10.1. The summed E-state index contributed by atoms with van der Waals surface area (Å²) in [6, 6.07) is 5.76. The van der Waals surface area contributed by atoms with Crippen LogP contribution >= 0.6 is 22.9 Å². The zero-order chi connectivity index (χ0) is 14.7. The van der Waals surface area contributed by atoms with Crippen molar-refractivity contribution >= 4 is 34.6 Å². The third-order valence-electron chi connectivity index (χ3n) is 2.85. The molecular formula is C14H13ClFNO2S. The van der Waals surface area contributed by atoms with Gasteiger partial charge >= 0.3 is 5.97 Å². The van der Waals surface area contributed by atoms with Crippen LogP contribution in [-0.2, 0) is 4.74 Å². The summed E-state index contributed by atoms with van der Waals surface area (Å²) in [4.78, 5) is 11.7. The molecule has 0 bridgehead atoms. The van der Waals surface area contributed by atoms with E-state index in [1.807, 2.05) is 18.4 Å². The predicted molar refractivity (Wildman–Crippen MR) is 79.1 cm³/mol. The molecule has 3 nitrogen and oxygen atoms in total. The van der Waals surface area contributed by atoms with Gasteiger partial charge in [0, 0.05) is 11.7 Å². The Morgan fingerprint density at radius 1 is 1.45 bits per heavy atom. The van der Waals surface area contributed by atoms with Crippen LogP contribution < -0.4 is 5.32 Å². The highest BCUT2D eigenvalue weighted by Gasteiger charge is 2.16. The molecule has 0 spiro atoms. The Kier molecular flexibility index (Phi) is 4.62. The Balaban J connectivity index is 2.26. The summed E-state index contributed by atoms with van der Waals surface area (Å²) in [7, 11) is 1.26. The Hall–Kier alpha value is -1.59. The minimum Gasteiger partial charge on any atom is -0.465 e. The van der Waals surface area contributed by atoms with Crippen molar-refractivity contribution in [2.75, 3.05) is 12.4 Å². The average molecular weight is 314 g/mol. The Bertz CT molecular complexity index is 629. The lowest BCUT2D eigenvalue weighted by molar-refractivity contribution is 0.0601. The van der Waals surface area contributed by atoms with E-state index in [0.717, 1.165) is 11.6 Å². The smallest absolute Gasteiger partial charge is 0.340 e. The second-order valence-electron chi connectivity index (χ2n) is 4.23. The first-order chi connectivity index (χ1) is 9.51. The fraction of sp³-hybridized carbons (Fsp3) is 0.214. The zero-order valence-corrected chi connectivity index (χ0v) is 12.5. The van der Waals surface area contributed by atoms with Gasteiger partial charge in [-0.15, -0.1) is 11.3 Å². The number of carbonyl (C=O) groups is 1. The van der Waals surface area contributed by atoms with Crippen LogP contribution in [0.25, 0.3) is 0 Å². The normalized spacial score (nSPS) is 12.0. The second-order valence-corrected chi connectivity index (χ2v) is 5.77. The van der Waals surface area contributed by atoms with Crippen molar-refractivity contribution in [2.24, 2.45) is 0 Å². The summed E-state index contributed by atoms with van der Waals surface area (Å²) < 4.78 is 18.6. The number of anilines is 1. The molecule has 0 radical (unpaired) electrons. The van der Waals surface area contributed by atoms with Crippen molar-refractivity contribution in [3.8, 4) is 0 Å². The van der Waals surface area contributed by atoms with Crippen LogP contribution in [0.2, 0.25) is 4.34 Å². The van der Waals surface area contributed by atoms with Gasteiger partial charge in [0.15, 0.2) is 0 Å². The molecule has 0 saturated heterocycles. The van der Waals surface area contributed by atoms with Crippen LogP contribution in [0, 0.1) is 5.82 Å². The molecule has 1 atom stereocenters. The molecule has 0 fully saturated rings. The van der Waals surface area contributed by atoms with Gasteiger partial charge in [-0.05, 0) is 42.1 Å². The number of esters is 1. The summed E-state index contributed by atoms with van der Waals surface area (Å²) in [5, 5.41) is 5.09. The first kappa shape index (κ1) is 14.8.